The summed E-state index contributed by atoms with van der Waals surface area (Å²) in [5, 5.41) is 2.38. The Morgan fingerprint density at radius 3 is 3.00 bits per heavy atom. The highest BCUT2D eigenvalue weighted by atomic mass is 79.9. The summed E-state index contributed by atoms with van der Waals surface area (Å²) < 4.78 is 6.73. The van der Waals surface area contributed by atoms with Crippen LogP contribution in [-0.4, -0.2) is 6.61 Å². The molecule has 0 aliphatic carbocycles. The van der Waals surface area contributed by atoms with Crippen molar-refractivity contribution in [2.75, 3.05) is 6.61 Å². The van der Waals surface area contributed by atoms with Gasteiger partial charge in [-0.2, -0.15) is 0 Å². The third kappa shape index (κ3) is 1.43. The normalized spacial score (nSPS) is 19.2. The molecule has 2 aromatic rings. The molecule has 1 unspecified atom stereocenters. The molecule has 0 aromatic heterocycles. The summed E-state index contributed by atoms with van der Waals surface area (Å²) in [4.78, 5) is 0. The van der Waals surface area contributed by atoms with Gasteiger partial charge in [0.05, 0.1) is 11.1 Å². The van der Waals surface area contributed by atoms with E-state index in [1.165, 1.54) is 10.8 Å². The quantitative estimate of drug-likeness (QED) is 0.801. The largest absolute Gasteiger partial charge is 0.492 e. The molecule has 0 radical (unpaired) electrons. The Kier molecular flexibility index (Phi) is 2.37. The van der Waals surface area contributed by atoms with Crippen molar-refractivity contribution >= 4 is 26.7 Å². The Bertz CT molecular complexity index is 553. The summed E-state index contributed by atoms with van der Waals surface area (Å²) in [6.45, 7) is 0.700. The summed E-state index contributed by atoms with van der Waals surface area (Å²) in [5.74, 6) is 0.914. The average Bonchev–Trinajstić information content (AvgIpc) is 2.31. The first-order chi connectivity index (χ1) is 7.77. The number of benzene rings is 2. The maximum atomic E-state index is 6.11. The minimum Gasteiger partial charge on any atom is -0.492 e. The second-order valence-electron chi connectivity index (χ2n) is 4.07. The highest BCUT2D eigenvalue weighted by Crippen LogP contribution is 2.41. The van der Waals surface area contributed by atoms with Gasteiger partial charge in [0.25, 0.3) is 0 Å². The lowest BCUT2D eigenvalue weighted by Crippen LogP contribution is -2.20. The molecule has 1 heterocycles. The fraction of sp³-hybridized carbons (Fsp3) is 0.231. The van der Waals surface area contributed by atoms with E-state index in [9.17, 15) is 0 Å². The molecule has 0 fully saturated rings. The van der Waals surface area contributed by atoms with Crippen molar-refractivity contribution in [3.63, 3.8) is 0 Å². The van der Waals surface area contributed by atoms with Gasteiger partial charge in [0, 0.05) is 18.0 Å². The SMILES string of the molecule is NC1CCOc2c1cc1ccccc1c2Br. The highest BCUT2D eigenvalue weighted by Gasteiger charge is 2.21. The van der Waals surface area contributed by atoms with Gasteiger partial charge in [0.15, 0.2) is 0 Å². The lowest BCUT2D eigenvalue weighted by molar-refractivity contribution is 0.268. The van der Waals surface area contributed by atoms with E-state index in [0.717, 1.165) is 22.2 Å². The first-order valence-electron chi connectivity index (χ1n) is 5.37. The molecule has 1 aliphatic rings. The molecular formula is C13H12BrNO. The second-order valence-corrected chi connectivity index (χ2v) is 4.87. The van der Waals surface area contributed by atoms with Crippen molar-refractivity contribution < 1.29 is 4.74 Å². The summed E-state index contributed by atoms with van der Waals surface area (Å²) in [6.07, 6.45) is 0.887. The third-order valence-electron chi connectivity index (χ3n) is 3.04. The molecule has 0 spiro atoms. The van der Waals surface area contributed by atoms with Crippen molar-refractivity contribution in [2.45, 2.75) is 12.5 Å². The number of fused-ring (bicyclic) bond motifs is 2. The molecule has 0 saturated carbocycles. The zero-order valence-corrected chi connectivity index (χ0v) is 10.3. The lowest BCUT2D eigenvalue weighted by Gasteiger charge is -2.24. The van der Waals surface area contributed by atoms with Gasteiger partial charge in [0.2, 0.25) is 0 Å². The van der Waals surface area contributed by atoms with Gasteiger partial charge in [-0.05, 0) is 32.8 Å². The predicted molar refractivity (Wildman–Crippen MR) is 68.7 cm³/mol. The van der Waals surface area contributed by atoms with Gasteiger partial charge in [0.1, 0.15) is 5.75 Å². The Balaban J connectivity index is 2.36. The van der Waals surface area contributed by atoms with E-state index in [1.807, 2.05) is 12.1 Å². The number of halogens is 1. The number of hydrogen-bond donors (Lipinski definition) is 1. The third-order valence-corrected chi connectivity index (χ3v) is 3.83. The molecule has 3 heteroatoms. The van der Waals surface area contributed by atoms with Crippen LogP contribution in [0, 0.1) is 0 Å². The summed E-state index contributed by atoms with van der Waals surface area (Å²) in [7, 11) is 0. The zero-order valence-electron chi connectivity index (χ0n) is 8.74. The van der Waals surface area contributed by atoms with Crippen LogP contribution >= 0.6 is 15.9 Å². The maximum Gasteiger partial charge on any atom is 0.138 e. The van der Waals surface area contributed by atoms with Crippen LogP contribution in [0.4, 0.5) is 0 Å². The molecule has 1 aliphatic heterocycles. The van der Waals surface area contributed by atoms with Gasteiger partial charge < -0.3 is 10.5 Å². The fourth-order valence-corrected chi connectivity index (χ4v) is 2.87. The predicted octanol–water partition coefficient (Wildman–Crippen LogP) is 3.38. The molecule has 0 amide bonds. The minimum atomic E-state index is 0.0876. The summed E-state index contributed by atoms with van der Waals surface area (Å²) in [5.41, 5.74) is 7.21. The number of ether oxygens (including phenoxy) is 1. The van der Waals surface area contributed by atoms with Crippen molar-refractivity contribution in [2.24, 2.45) is 5.73 Å². The van der Waals surface area contributed by atoms with Gasteiger partial charge in [-0.15, -0.1) is 0 Å². The van der Waals surface area contributed by atoms with Crippen LogP contribution in [-0.2, 0) is 0 Å². The van der Waals surface area contributed by atoms with E-state index in [0.29, 0.717) is 6.61 Å². The highest BCUT2D eigenvalue weighted by molar-refractivity contribution is 9.10. The first-order valence-corrected chi connectivity index (χ1v) is 6.16. The zero-order chi connectivity index (χ0) is 11.1. The molecule has 0 saturated heterocycles. The van der Waals surface area contributed by atoms with E-state index >= 15 is 0 Å². The molecule has 0 bridgehead atoms. The summed E-state index contributed by atoms with van der Waals surface area (Å²) in [6, 6.07) is 10.5. The van der Waals surface area contributed by atoms with E-state index in [4.69, 9.17) is 10.5 Å². The molecular weight excluding hydrogens is 266 g/mol. The average molecular weight is 278 g/mol. The Hall–Kier alpha value is -1.06. The van der Waals surface area contributed by atoms with Crippen LogP contribution in [0.25, 0.3) is 10.8 Å². The van der Waals surface area contributed by atoms with Gasteiger partial charge in [-0.1, -0.05) is 24.3 Å². The molecule has 2 aromatic carbocycles. The smallest absolute Gasteiger partial charge is 0.138 e. The van der Waals surface area contributed by atoms with Crippen LogP contribution in [0.15, 0.2) is 34.8 Å². The molecule has 82 valence electrons. The van der Waals surface area contributed by atoms with Crippen molar-refractivity contribution in [3.8, 4) is 5.75 Å². The molecule has 2 N–H and O–H groups in total. The van der Waals surface area contributed by atoms with Crippen LogP contribution in [0.2, 0.25) is 0 Å². The topological polar surface area (TPSA) is 35.2 Å². The Morgan fingerprint density at radius 1 is 1.31 bits per heavy atom. The number of rotatable bonds is 0. The van der Waals surface area contributed by atoms with Crippen LogP contribution in [0.5, 0.6) is 5.75 Å². The molecule has 1 atom stereocenters. The van der Waals surface area contributed by atoms with Crippen LogP contribution in [0.3, 0.4) is 0 Å². The van der Waals surface area contributed by atoms with Gasteiger partial charge in [-0.3, -0.25) is 0 Å². The Morgan fingerprint density at radius 2 is 2.12 bits per heavy atom. The monoisotopic (exact) mass is 277 g/mol. The van der Waals surface area contributed by atoms with E-state index in [2.05, 4.69) is 34.1 Å². The van der Waals surface area contributed by atoms with Crippen molar-refractivity contribution in [3.05, 3.63) is 40.4 Å². The number of hydrogen-bond acceptors (Lipinski definition) is 2. The molecule has 16 heavy (non-hydrogen) atoms. The summed E-state index contributed by atoms with van der Waals surface area (Å²) >= 11 is 3.61. The van der Waals surface area contributed by atoms with E-state index in [1.54, 1.807) is 0 Å². The number of nitrogens with two attached hydrogens (primary N) is 1. The van der Waals surface area contributed by atoms with Crippen LogP contribution < -0.4 is 10.5 Å². The van der Waals surface area contributed by atoms with Gasteiger partial charge >= 0.3 is 0 Å². The van der Waals surface area contributed by atoms with Crippen molar-refractivity contribution in [1.29, 1.82) is 0 Å². The van der Waals surface area contributed by atoms with Crippen LogP contribution in [0.1, 0.15) is 18.0 Å². The minimum absolute atomic E-state index is 0.0876. The van der Waals surface area contributed by atoms with E-state index in [-0.39, 0.29) is 6.04 Å². The standard InChI is InChI=1S/C13H12BrNO/c14-12-9-4-2-1-3-8(9)7-10-11(15)5-6-16-13(10)12/h1-4,7,11H,5-6,15H2. The Labute approximate surface area is 103 Å². The van der Waals surface area contributed by atoms with Gasteiger partial charge in [-0.25, -0.2) is 0 Å². The van der Waals surface area contributed by atoms with E-state index < -0.39 is 0 Å². The second kappa shape index (κ2) is 3.75. The first kappa shape index (κ1) is 10.1. The lowest BCUT2D eigenvalue weighted by atomic mass is 9.97. The fourth-order valence-electron chi connectivity index (χ4n) is 2.17. The molecule has 2 nitrogen and oxygen atoms in total. The maximum absolute atomic E-state index is 6.11. The van der Waals surface area contributed by atoms with Crippen molar-refractivity contribution in [1.82, 2.24) is 0 Å². The molecule has 3 rings (SSSR count).